The second kappa shape index (κ2) is 6.45. The van der Waals surface area contributed by atoms with E-state index in [9.17, 15) is 5.11 Å². The van der Waals surface area contributed by atoms with Gasteiger partial charge in [0.25, 0.3) is 0 Å². The van der Waals surface area contributed by atoms with Crippen LogP contribution < -0.4 is 10.6 Å². The molecule has 0 radical (unpaired) electrons. The molecule has 1 saturated carbocycles. The maximum absolute atomic E-state index is 9.29. The maximum atomic E-state index is 9.29. The van der Waals surface area contributed by atoms with E-state index in [0.717, 1.165) is 11.6 Å². The summed E-state index contributed by atoms with van der Waals surface area (Å²) in [5.41, 5.74) is 0.933. The van der Waals surface area contributed by atoms with Crippen LogP contribution in [0.2, 0.25) is 0 Å². The third-order valence-corrected chi connectivity index (χ3v) is 3.19. The molecule has 4 heteroatoms. The smallest absolute Gasteiger partial charge is 0.196 e. The summed E-state index contributed by atoms with van der Waals surface area (Å²) in [5.74, 6) is 1.10. The van der Waals surface area contributed by atoms with Gasteiger partial charge in [-0.3, -0.25) is 0 Å². The third-order valence-electron chi connectivity index (χ3n) is 3.19. The van der Waals surface area contributed by atoms with Gasteiger partial charge < -0.3 is 15.7 Å². The molecule has 1 aromatic carbocycles. The van der Waals surface area contributed by atoms with Crippen molar-refractivity contribution in [2.45, 2.75) is 51.6 Å². The zero-order valence-corrected chi connectivity index (χ0v) is 11.7. The second-order valence-corrected chi connectivity index (χ2v) is 5.39. The molecule has 1 aromatic rings. The van der Waals surface area contributed by atoms with Crippen LogP contribution in [0.1, 0.15) is 39.5 Å². The average Bonchev–Trinajstić information content (AvgIpc) is 2.84. The van der Waals surface area contributed by atoms with Gasteiger partial charge in [-0.25, -0.2) is 4.99 Å². The lowest BCUT2D eigenvalue weighted by molar-refractivity contribution is 0.475. The molecular weight excluding hydrogens is 238 g/mol. The molecule has 104 valence electrons. The van der Waals surface area contributed by atoms with Crippen molar-refractivity contribution < 1.29 is 5.11 Å². The van der Waals surface area contributed by atoms with Gasteiger partial charge in [0.15, 0.2) is 5.96 Å². The van der Waals surface area contributed by atoms with E-state index in [-0.39, 0.29) is 5.75 Å². The number of aromatic hydroxyl groups is 1. The number of nitrogens with zero attached hydrogens (tertiary/aromatic N) is 1. The summed E-state index contributed by atoms with van der Waals surface area (Å²) in [6, 6.07) is 7.81. The number of benzene rings is 1. The van der Waals surface area contributed by atoms with Gasteiger partial charge in [-0.05, 0) is 51.0 Å². The van der Waals surface area contributed by atoms with E-state index in [0.29, 0.717) is 12.1 Å². The number of phenolic OH excluding ortho intramolecular Hbond substituents is 1. The van der Waals surface area contributed by atoms with E-state index in [4.69, 9.17) is 4.99 Å². The van der Waals surface area contributed by atoms with Crippen molar-refractivity contribution in [3.63, 3.8) is 0 Å². The second-order valence-electron chi connectivity index (χ2n) is 5.39. The minimum Gasteiger partial charge on any atom is -0.508 e. The summed E-state index contributed by atoms with van der Waals surface area (Å²) in [6.45, 7) is 4.20. The van der Waals surface area contributed by atoms with Crippen LogP contribution in [0.4, 0.5) is 5.69 Å². The van der Waals surface area contributed by atoms with Crippen LogP contribution in [0.5, 0.6) is 5.75 Å². The molecule has 0 heterocycles. The lowest BCUT2D eigenvalue weighted by Crippen LogP contribution is -2.36. The number of rotatable bonds is 3. The number of anilines is 1. The molecule has 0 atom stereocenters. The van der Waals surface area contributed by atoms with Crippen molar-refractivity contribution in [3.8, 4) is 5.75 Å². The van der Waals surface area contributed by atoms with Crippen molar-refractivity contribution in [2.75, 3.05) is 5.32 Å². The minimum atomic E-state index is 0.275. The fourth-order valence-corrected chi connectivity index (χ4v) is 2.28. The number of aliphatic imine (C=N–C) groups is 1. The SMILES string of the molecule is CC(C)NC(=NC1CCCC1)Nc1ccc(O)cc1. The summed E-state index contributed by atoms with van der Waals surface area (Å²) in [6.07, 6.45) is 4.92. The third kappa shape index (κ3) is 4.47. The van der Waals surface area contributed by atoms with Gasteiger partial charge in [0.1, 0.15) is 5.75 Å². The average molecular weight is 261 g/mol. The van der Waals surface area contributed by atoms with Gasteiger partial charge in [-0.2, -0.15) is 0 Å². The van der Waals surface area contributed by atoms with Crippen LogP contribution in [0.25, 0.3) is 0 Å². The molecule has 1 aliphatic carbocycles. The molecule has 4 nitrogen and oxygen atoms in total. The van der Waals surface area contributed by atoms with Gasteiger partial charge >= 0.3 is 0 Å². The molecule has 0 saturated heterocycles. The highest BCUT2D eigenvalue weighted by Gasteiger charge is 2.15. The fraction of sp³-hybridized carbons (Fsp3) is 0.533. The van der Waals surface area contributed by atoms with E-state index in [1.807, 2.05) is 12.1 Å². The van der Waals surface area contributed by atoms with Crippen molar-refractivity contribution in [2.24, 2.45) is 4.99 Å². The first-order valence-corrected chi connectivity index (χ1v) is 7.04. The number of hydrogen-bond acceptors (Lipinski definition) is 2. The molecule has 1 fully saturated rings. The summed E-state index contributed by atoms with van der Waals surface area (Å²) in [4.78, 5) is 4.77. The molecule has 0 amide bonds. The fourth-order valence-electron chi connectivity index (χ4n) is 2.28. The van der Waals surface area contributed by atoms with E-state index in [1.54, 1.807) is 12.1 Å². The van der Waals surface area contributed by atoms with Crippen LogP contribution in [-0.2, 0) is 0 Å². The van der Waals surface area contributed by atoms with Crippen LogP contribution >= 0.6 is 0 Å². The minimum absolute atomic E-state index is 0.275. The Morgan fingerprint density at radius 3 is 2.42 bits per heavy atom. The Bertz CT molecular complexity index is 420. The summed E-state index contributed by atoms with van der Waals surface area (Å²) < 4.78 is 0. The van der Waals surface area contributed by atoms with E-state index < -0.39 is 0 Å². The Morgan fingerprint density at radius 2 is 1.84 bits per heavy atom. The molecule has 19 heavy (non-hydrogen) atoms. The van der Waals surface area contributed by atoms with Gasteiger partial charge in [-0.1, -0.05) is 12.8 Å². The van der Waals surface area contributed by atoms with Crippen LogP contribution in [0.15, 0.2) is 29.3 Å². The molecule has 1 aliphatic rings. The van der Waals surface area contributed by atoms with Gasteiger partial charge in [0.05, 0.1) is 6.04 Å². The molecule has 2 rings (SSSR count). The predicted molar refractivity (Wildman–Crippen MR) is 79.7 cm³/mol. The lowest BCUT2D eigenvalue weighted by atomic mass is 10.3. The van der Waals surface area contributed by atoms with Crippen molar-refractivity contribution in [1.82, 2.24) is 5.32 Å². The number of hydrogen-bond donors (Lipinski definition) is 3. The first-order chi connectivity index (χ1) is 9.13. The Kier molecular flexibility index (Phi) is 4.66. The predicted octanol–water partition coefficient (Wildman–Crippen LogP) is 3.10. The molecule has 0 bridgehead atoms. The largest absolute Gasteiger partial charge is 0.508 e. The molecule has 0 aromatic heterocycles. The first-order valence-electron chi connectivity index (χ1n) is 7.04. The van der Waals surface area contributed by atoms with Gasteiger partial charge in [0.2, 0.25) is 0 Å². The Labute approximate surface area is 114 Å². The molecule has 0 unspecified atom stereocenters. The monoisotopic (exact) mass is 261 g/mol. The molecule has 3 N–H and O–H groups in total. The van der Waals surface area contributed by atoms with Crippen molar-refractivity contribution in [1.29, 1.82) is 0 Å². The van der Waals surface area contributed by atoms with E-state index in [2.05, 4.69) is 24.5 Å². The number of phenols is 1. The van der Waals surface area contributed by atoms with Gasteiger partial charge in [-0.15, -0.1) is 0 Å². The zero-order valence-electron chi connectivity index (χ0n) is 11.7. The van der Waals surface area contributed by atoms with Crippen molar-refractivity contribution >= 4 is 11.6 Å². The lowest BCUT2D eigenvalue weighted by Gasteiger charge is -2.17. The number of nitrogens with one attached hydrogen (secondary N) is 2. The highest BCUT2D eigenvalue weighted by Crippen LogP contribution is 2.21. The van der Waals surface area contributed by atoms with Crippen molar-refractivity contribution in [3.05, 3.63) is 24.3 Å². The molecule has 0 aliphatic heterocycles. The normalized spacial score (nSPS) is 16.9. The van der Waals surface area contributed by atoms with Gasteiger partial charge in [0, 0.05) is 11.7 Å². The van der Waals surface area contributed by atoms with Crippen LogP contribution in [-0.4, -0.2) is 23.1 Å². The Hall–Kier alpha value is -1.71. The van der Waals surface area contributed by atoms with Crippen LogP contribution in [0, 0.1) is 0 Å². The standard InChI is InChI=1S/C15H23N3O/c1-11(2)16-15(17-12-5-3-4-6-12)18-13-7-9-14(19)10-8-13/h7-12,19H,3-6H2,1-2H3,(H2,16,17,18). The molecule has 0 spiro atoms. The highest BCUT2D eigenvalue weighted by atomic mass is 16.3. The summed E-state index contributed by atoms with van der Waals surface area (Å²) in [7, 11) is 0. The molecular formula is C15H23N3O. The topological polar surface area (TPSA) is 56.7 Å². The zero-order chi connectivity index (χ0) is 13.7. The summed E-state index contributed by atoms with van der Waals surface area (Å²) in [5, 5.41) is 15.9. The Morgan fingerprint density at radius 1 is 1.21 bits per heavy atom. The first kappa shape index (κ1) is 13.7. The quantitative estimate of drug-likeness (QED) is 0.445. The summed E-state index contributed by atoms with van der Waals surface area (Å²) >= 11 is 0. The van der Waals surface area contributed by atoms with E-state index >= 15 is 0 Å². The Balaban J connectivity index is 2.06. The maximum Gasteiger partial charge on any atom is 0.196 e. The van der Waals surface area contributed by atoms with E-state index in [1.165, 1.54) is 25.7 Å². The van der Waals surface area contributed by atoms with Crippen LogP contribution in [0.3, 0.4) is 0 Å². The number of guanidine groups is 1. The highest BCUT2D eigenvalue weighted by molar-refractivity contribution is 5.93.